The first-order valence-electron chi connectivity index (χ1n) is 18.5. The highest BCUT2D eigenvalue weighted by atomic mass is 19.1. The van der Waals surface area contributed by atoms with E-state index in [1.165, 1.54) is 18.0 Å². The van der Waals surface area contributed by atoms with E-state index in [0.717, 1.165) is 35.3 Å². The van der Waals surface area contributed by atoms with Gasteiger partial charge in [0, 0.05) is 73.0 Å². The lowest BCUT2D eigenvalue weighted by atomic mass is 9.93. The van der Waals surface area contributed by atoms with Crippen LogP contribution in [0.1, 0.15) is 85.3 Å². The lowest BCUT2D eigenvalue weighted by molar-refractivity contribution is -0.138. The van der Waals surface area contributed by atoms with E-state index in [2.05, 4.69) is 54.8 Å². The number of hydrogen-bond donors (Lipinski definition) is 2. The van der Waals surface area contributed by atoms with Crippen molar-refractivity contribution < 1.29 is 28.0 Å². The minimum Gasteiger partial charge on any atom is -0.481 e. The number of carbonyl (C=O) groups excluding carboxylic acids is 3. The van der Waals surface area contributed by atoms with E-state index < -0.39 is 29.2 Å². The third kappa shape index (κ3) is 7.49. The number of aromatic nitrogens is 6. The van der Waals surface area contributed by atoms with Crippen LogP contribution in [0.5, 0.6) is 5.75 Å². The summed E-state index contributed by atoms with van der Waals surface area (Å²) in [5.74, 6) is -0.885. The van der Waals surface area contributed by atoms with Gasteiger partial charge in [-0.1, -0.05) is 50.2 Å². The maximum Gasteiger partial charge on any atom is 0.292 e. The monoisotopic (exact) mass is 757 g/mol. The number of nitrogens with one attached hydrogen (secondary N) is 2. The average Bonchev–Trinajstić information content (AvgIpc) is 3.86. The number of nitrogens with zero attached hydrogens (tertiary/aromatic N) is 7. The van der Waals surface area contributed by atoms with E-state index in [9.17, 15) is 14.4 Å². The number of halogens is 1. The molecular formula is C41H40FN9O5. The Kier molecular flexibility index (Phi) is 9.62. The molecule has 3 amide bonds. The molecular weight excluding hydrogens is 718 g/mol. The van der Waals surface area contributed by atoms with Crippen molar-refractivity contribution in [1.29, 1.82) is 0 Å². The number of imide groups is 1. The SMILES string of the molecule is CC1c2cc(OC3CCC(=O)NC3=O)ccc2CCN1Cc1ccc(-c2cc3c(-c4ccc(CNC(=O)c5noc(C(C)(C)C)n5)c(F)c4)ncnn3c2)nc1. The number of amides is 3. The Hall–Kier alpha value is -6.35. The van der Waals surface area contributed by atoms with Gasteiger partial charge in [-0.05, 0) is 60.4 Å². The largest absolute Gasteiger partial charge is 0.481 e. The van der Waals surface area contributed by atoms with E-state index in [4.69, 9.17) is 14.2 Å². The van der Waals surface area contributed by atoms with E-state index in [1.807, 2.05) is 57.4 Å². The predicted molar refractivity (Wildman–Crippen MR) is 202 cm³/mol. The molecule has 4 aromatic heterocycles. The number of carbonyl (C=O) groups is 3. The van der Waals surface area contributed by atoms with Crippen LogP contribution < -0.4 is 15.4 Å². The fourth-order valence-electron chi connectivity index (χ4n) is 7.01. The molecule has 2 aliphatic heterocycles. The van der Waals surface area contributed by atoms with E-state index in [1.54, 1.807) is 16.6 Å². The minimum atomic E-state index is -0.683. The zero-order chi connectivity index (χ0) is 39.1. The van der Waals surface area contributed by atoms with Crippen molar-refractivity contribution in [1.82, 2.24) is 45.3 Å². The van der Waals surface area contributed by atoms with Crippen molar-refractivity contribution >= 4 is 23.2 Å². The van der Waals surface area contributed by atoms with Gasteiger partial charge in [-0.15, -0.1) is 0 Å². The molecule has 2 aromatic carbocycles. The number of piperidine rings is 1. The number of ether oxygens (including phenoxy) is 1. The van der Waals surface area contributed by atoms with Crippen molar-refractivity contribution in [3.63, 3.8) is 0 Å². The molecule has 0 aliphatic carbocycles. The number of benzene rings is 2. The zero-order valence-corrected chi connectivity index (χ0v) is 31.4. The summed E-state index contributed by atoms with van der Waals surface area (Å²) in [5, 5.41) is 13.1. The molecule has 0 radical (unpaired) electrons. The lowest BCUT2D eigenvalue weighted by Gasteiger charge is -2.35. The zero-order valence-electron chi connectivity index (χ0n) is 31.4. The summed E-state index contributed by atoms with van der Waals surface area (Å²) in [5.41, 5.74) is 6.71. The fourth-order valence-corrected chi connectivity index (χ4v) is 7.01. The Morgan fingerprint density at radius 3 is 2.66 bits per heavy atom. The van der Waals surface area contributed by atoms with Crippen LogP contribution in [-0.4, -0.2) is 65.0 Å². The highest BCUT2D eigenvalue weighted by Gasteiger charge is 2.30. The molecule has 6 aromatic rings. The van der Waals surface area contributed by atoms with Gasteiger partial charge in [0.1, 0.15) is 17.9 Å². The average molecular weight is 758 g/mol. The van der Waals surface area contributed by atoms with Crippen LogP contribution in [-0.2, 0) is 34.5 Å². The summed E-state index contributed by atoms with van der Waals surface area (Å²) in [6.07, 6.45) is 5.99. The van der Waals surface area contributed by atoms with Crippen LogP contribution in [0.15, 0.2) is 77.8 Å². The molecule has 2 atom stereocenters. The summed E-state index contributed by atoms with van der Waals surface area (Å²) in [4.78, 5) is 52.2. The van der Waals surface area contributed by atoms with E-state index in [0.29, 0.717) is 46.9 Å². The minimum absolute atomic E-state index is 0.0627. The van der Waals surface area contributed by atoms with Gasteiger partial charge in [0.05, 0.1) is 16.9 Å². The van der Waals surface area contributed by atoms with Gasteiger partial charge in [-0.2, -0.15) is 10.1 Å². The van der Waals surface area contributed by atoms with E-state index in [-0.39, 0.29) is 30.7 Å². The van der Waals surface area contributed by atoms with Gasteiger partial charge in [0.2, 0.25) is 11.8 Å². The molecule has 15 heteroatoms. The van der Waals surface area contributed by atoms with Crippen LogP contribution in [0.2, 0.25) is 0 Å². The second kappa shape index (κ2) is 14.7. The second-order valence-corrected chi connectivity index (χ2v) is 15.2. The first kappa shape index (κ1) is 36.6. The van der Waals surface area contributed by atoms with Crippen molar-refractivity contribution in [3.05, 3.63) is 113 Å². The first-order valence-corrected chi connectivity index (χ1v) is 18.5. The third-order valence-electron chi connectivity index (χ3n) is 10.2. The predicted octanol–water partition coefficient (Wildman–Crippen LogP) is 5.51. The topological polar surface area (TPSA) is 170 Å². The highest BCUT2D eigenvalue weighted by molar-refractivity contribution is 6.00. The number of fused-ring (bicyclic) bond motifs is 2. The van der Waals surface area contributed by atoms with Crippen LogP contribution in [0.25, 0.3) is 28.0 Å². The maximum absolute atomic E-state index is 15.4. The summed E-state index contributed by atoms with van der Waals surface area (Å²) in [6, 6.07) is 16.8. The molecule has 2 aliphatic rings. The summed E-state index contributed by atoms with van der Waals surface area (Å²) in [7, 11) is 0. The molecule has 0 saturated carbocycles. The fraction of sp³-hybridized carbons (Fsp3) is 0.317. The van der Waals surface area contributed by atoms with Crippen molar-refractivity contribution in [3.8, 4) is 28.3 Å². The molecule has 8 rings (SSSR count). The smallest absolute Gasteiger partial charge is 0.292 e. The Morgan fingerprint density at radius 1 is 1.05 bits per heavy atom. The molecule has 1 fully saturated rings. The molecule has 6 heterocycles. The van der Waals surface area contributed by atoms with Gasteiger partial charge >= 0.3 is 0 Å². The third-order valence-corrected chi connectivity index (χ3v) is 10.2. The molecule has 286 valence electrons. The normalized spacial score (nSPS) is 17.4. The van der Waals surface area contributed by atoms with Crippen LogP contribution in [0, 0.1) is 5.82 Å². The van der Waals surface area contributed by atoms with Gasteiger partial charge in [-0.3, -0.25) is 29.6 Å². The van der Waals surface area contributed by atoms with Crippen molar-refractivity contribution in [2.24, 2.45) is 0 Å². The van der Waals surface area contributed by atoms with Gasteiger partial charge < -0.3 is 14.6 Å². The Morgan fingerprint density at radius 2 is 1.91 bits per heavy atom. The molecule has 2 unspecified atom stereocenters. The molecule has 1 saturated heterocycles. The highest BCUT2D eigenvalue weighted by Crippen LogP contribution is 2.34. The van der Waals surface area contributed by atoms with Gasteiger partial charge in [0.25, 0.3) is 17.6 Å². The molecule has 14 nitrogen and oxygen atoms in total. The van der Waals surface area contributed by atoms with Crippen molar-refractivity contribution in [2.45, 2.75) is 77.6 Å². The summed E-state index contributed by atoms with van der Waals surface area (Å²) in [6.45, 7) is 9.37. The van der Waals surface area contributed by atoms with Gasteiger partial charge in [0.15, 0.2) is 6.10 Å². The van der Waals surface area contributed by atoms with Crippen LogP contribution >= 0.6 is 0 Å². The lowest BCUT2D eigenvalue weighted by Crippen LogP contribution is -2.46. The number of hydrogen-bond acceptors (Lipinski definition) is 11. The molecule has 0 bridgehead atoms. The van der Waals surface area contributed by atoms with E-state index >= 15 is 4.39 Å². The second-order valence-electron chi connectivity index (χ2n) is 15.2. The Balaban J connectivity index is 0.928. The number of rotatable bonds is 9. The molecule has 0 spiro atoms. The standard InChI is InChI=1S/C41H40FN9O5/c1-23-30-17-29(55-34-11-12-35(52)47-38(34)53)9-8-25(30)13-14-50(23)20-24-5-10-32(43-18-24)28-16-33-36(45-22-46-51(33)21-28)26-6-7-27(31(42)15-26)19-44-39(54)37-48-40(56-49-37)41(2,3)4/h5-10,15-18,21-23,34H,11-14,19-20H2,1-4H3,(H,44,54)(H,47,52,53). The van der Waals surface area contributed by atoms with Crippen LogP contribution in [0.4, 0.5) is 4.39 Å². The van der Waals surface area contributed by atoms with Crippen LogP contribution in [0.3, 0.4) is 0 Å². The van der Waals surface area contributed by atoms with Crippen molar-refractivity contribution in [2.75, 3.05) is 6.54 Å². The summed E-state index contributed by atoms with van der Waals surface area (Å²) >= 11 is 0. The first-order chi connectivity index (χ1) is 26.9. The Labute approximate surface area is 321 Å². The maximum atomic E-state index is 15.4. The Bertz CT molecular complexity index is 2470. The summed E-state index contributed by atoms with van der Waals surface area (Å²) < 4.78 is 28.2. The molecule has 2 N–H and O–H groups in total. The van der Waals surface area contributed by atoms with Gasteiger partial charge in [-0.25, -0.2) is 13.9 Å². The number of pyridine rings is 1. The quantitative estimate of drug-likeness (QED) is 0.178. The molecule has 56 heavy (non-hydrogen) atoms.